The molecule has 1 aromatic carbocycles. The van der Waals surface area contributed by atoms with E-state index in [1.165, 1.54) is 12.0 Å². The normalized spacial score (nSPS) is 21.6. The average molecular weight is 206 g/mol. The maximum atomic E-state index is 10.8. The maximum Gasteiger partial charge on any atom is 0.248 e. The zero-order chi connectivity index (χ0) is 10.3. The van der Waals surface area contributed by atoms with Crippen LogP contribution < -0.4 is 11.9 Å². The molecule has 0 aromatic heterocycles. The van der Waals surface area contributed by atoms with E-state index in [1.54, 1.807) is 0 Å². The quantitative estimate of drug-likeness (QED) is 0.779. The summed E-state index contributed by atoms with van der Waals surface area (Å²) in [5, 5.41) is 0. The molecular formula is C12H18N2O. The van der Waals surface area contributed by atoms with Crippen LogP contribution in [0.4, 0.5) is 0 Å². The first-order chi connectivity index (χ1) is 6.50. The van der Waals surface area contributed by atoms with Gasteiger partial charge in [0.25, 0.3) is 0 Å². The highest BCUT2D eigenvalue weighted by Gasteiger charge is 2.46. The summed E-state index contributed by atoms with van der Waals surface area (Å²) in [5.74, 6) is 0.302. The average Bonchev–Trinajstić information content (AvgIpc) is 2.75. The second-order valence-electron chi connectivity index (χ2n) is 4.73. The minimum absolute atomic E-state index is 0. The summed E-state index contributed by atoms with van der Waals surface area (Å²) in [7, 11) is 0. The Kier molecular flexibility index (Phi) is 2.86. The molecule has 1 saturated carbocycles. The smallest absolute Gasteiger partial charge is 0.248 e. The van der Waals surface area contributed by atoms with Crippen molar-refractivity contribution in [3.63, 3.8) is 0 Å². The van der Waals surface area contributed by atoms with Crippen molar-refractivity contribution in [3.05, 3.63) is 35.4 Å². The molecule has 1 amide bonds. The lowest BCUT2D eigenvalue weighted by Crippen LogP contribution is -2.10. The molecule has 1 atom stereocenters. The van der Waals surface area contributed by atoms with Crippen molar-refractivity contribution in [2.45, 2.75) is 26.2 Å². The van der Waals surface area contributed by atoms with Crippen molar-refractivity contribution in [1.29, 1.82) is 0 Å². The van der Waals surface area contributed by atoms with Gasteiger partial charge in [0.1, 0.15) is 0 Å². The lowest BCUT2D eigenvalue weighted by Gasteiger charge is -2.03. The van der Waals surface area contributed by atoms with Gasteiger partial charge in [0.05, 0.1) is 0 Å². The van der Waals surface area contributed by atoms with Crippen molar-refractivity contribution in [2.75, 3.05) is 0 Å². The molecule has 82 valence electrons. The summed E-state index contributed by atoms with van der Waals surface area (Å²) in [6.07, 6.45) is 1.24. The molecule has 0 radical (unpaired) electrons. The Morgan fingerprint density at radius 1 is 1.33 bits per heavy atom. The van der Waals surface area contributed by atoms with E-state index in [9.17, 15) is 4.79 Å². The van der Waals surface area contributed by atoms with Crippen LogP contribution in [0.25, 0.3) is 0 Å². The van der Waals surface area contributed by atoms with Gasteiger partial charge in [0, 0.05) is 5.56 Å². The number of carbonyl (C=O) groups is 1. The molecule has 1 fully saturated rings. The van der Waals surface area contributed by atoms with Crippen LogP contribution in [0.3, 0.4) is 0 Å². The minimum Gasteiger partial charge on any atom is -0.366 e. The largest absolute Gasteiger partial charge is 0.366 e. The first-order valence-electron chi connectivity index (χ1n) is 4.90. The molecule has 1 aliphatic carbocycles. The van der Waals surface area contributed by atoms with Crippen LogP contribution in [0, 0.1) is 5.41 Å². The summed E-state index contributed by atoms with van der Waals surface area (Å²) in [5.41, 5.74) is 7.52. The molecular weight excluding hydrogens is 188 g/mol. The van der Waals surface area contributed by atoms with E-state index in [1.807, 2.05) is 24.3 Å². The third kappa shape index (κ3) is 2.18. The van der Waals surface area contributed by atoms with Gasteiger partial charge in [-0.1, -0.05) is 26.0 Å². The number of rotatable bonds is 2. The third-order valence-electron chi connectivity index (χ3n) is 3.11. The van der Waals surface area contributed by atoms with E-state index >= 15 is 0 Å². The number of primary amides is 1. The second-order valence-corrected chi connectivity index (χ2v) is 4.73. The van der Waals surface area contributed by atoms with Crippen LogP contribution in [-0.2, 0) is 0 Å². The summed E-state index contributed by atoms with van der Waals surface area (Å²) in [4.78, 5) is 10.8. The predicted molar refractivity (Wildman–Crippen MR) is 61.1 cm³/mol. The fourth-order valence-electron chi connectivity index (χ4n) is 1.92. The van der Waals surface area contributed by atoms with E-state index in [4.69, 9.17) is 5.73 Å². The molecule has 5 N–H and O–H groups in total. The van der Waals surface area contributed by atoms with Crippen molar-refractivity contribution < 1.29 is 4.79 Å². The van der Waals surface area contributed by atoms with Crippen LogP contribution in [0.1, 0.15) is 42.1 Å². The van der Waals surface area contributed by atoms with Gasteiger partial charge < -0.3 is 11.9 Å². The van der Waals surface area contributed by atoms with E-state index in [0.29, 0.717) is 16.9 Å². The molecule has 15 heavy (non-hydrogen) atoms. The van der Waals surface area contributed by atoms with Crippen molar-refractivity contribution in [1.82, 2.24) is 6.15 Å². The number of carbonyl (C=O) groups excluding carboxylic acids is 1. The molecule has 1 unspecified atom stereocenters. The van der Waals surface area contributed by atoms with E-state index in [2.05, 4.69) is 13.8 Å². The lowest BCUT2D eigenvalue weighted by atomic mass is 10.0. The highest BCUT2D eigenvalue weighted by atomic mass is 16.1. The molecule has 0 spiro atoms. The molecule has 3 nitrogen and oxygen atoms in total. The number of amides is 1. The van der Waals surface area contributed by atoms with Gasteiger partial charge in [-0.25, -0.2) is 0 Å². The molecule has 1 aromatic rings. The van der Waals surface area contributed by atoms with E-state index in [-0.39, 0.29) is 12.1 Å². The van der Waals surface area contributed by atoms with Crippen LogP contribution in [-0.4, -0.2) is 5.91 Å². The topological polar surface area (TPSA) is 78.1 Å². The van der Waals surface area contributed by atoms with Crippen LogP contribution in [0.5, 0.6) is 0 Å². The van der Waals surface area contributed by atoms with Gasteiger partial charge in [-0.05, 0) is 35.4 Å². The summed E-state index contributed by atoms with van der Waals surface area (Å²) in [6.45, 7) is 4.53. The molecule has 0 heterocycles. The fourth-order valence-corrected chi connectivity index (χ4v) is 1.92. The van der Waals surface area contributed by atoms with Gasteiger partial charge in [0.15, 0.2) is 0 Å². The van der Waals surface area contributed by atoms with Crippen LogP contribution in [0.2, 0.25) is 0 Å². The van der Waals surface area contributed by atoms with Crippen molar-refractivity contribution in [2.24, 2.45) is 11.1 Å². The van der Waals surface area contributed by atoms with Gasteiger partial charge in [0.2, 0.25) is 5.91 Å². The Balaban J connectivity index is 0.00000112. The predicted octanol–water partition coefficient (Wildman–Crippen LogP) is 2.46. The van der Waals surface area contributed by atoms with Gasteiger partial charge in [-0.2, -0.15) is 0 Å². The third-order valence-corrected chi connectivity index (χ3v) is 3.11. The molecule has 2 rings (SSSR count). The zero-order valence-corrected chi connectivity index (χ0v) is 9.29. The van der Waals surface area contributed by atoms with Gasteiger partial charge in [-0.3, -0.25) is 4.79 Å². The summed E-state index contributed by atoms with van der Waals surface area (Å²) >= 11 is 0. The number of nitrogens with two attached hydrogens (primary N) is 1. The van der Waals surface area contributed by atoms with Crippen LogP contribution >= 0.6 is 0 Å². The molecule has 3 heteroatoms. The Bertz CT molecular complexity index is 368. The number of hydrogen-bond acceptors (Lipinski definition) is 2. The standard InChI is InChI=1S/C12H15NO.H3N/c1-12(2)7-10(12)8-3-5-9(6-4-8)11(13)14;/h3-6,10H,7H2,1-2H3,(H2,13,14);1H3. The summed E-state index contributed by atoms with van der Waals surface area (Å²) < 4.78 is 0. The Morgan fingerprint density at radius 3 is 2.13 bits per heavy atom. The zero-order valence-electron chi connectivity index (χ0n) is 9.29. The monoisotopic (exact) mass is 206 g/mol. The fraction of sp³-hybridized carbons (Fsp3) is 0.417. The Labute approximate surface area is 90.3 Å². The number of benzene rings is 1. The van der Waals surface area contributed by atoms with Crippen molar-refractivity contribution in [3.8, 4) is 0 Å². The van der Waals surface area contributed by atoms with Gasteiger partial charge >= 0.3 is 0 Å². The summed E-state index contributed by atoms with van der Waals surface area (Å²) in [6, 6.07) is 7.65. The molecule has 0 saturated heterocycles. The van der Waals surface area contributed by atoms with E-state index < -0.39 is 0 Å². The van der Waals surface area contributed by atoms with Crippen LogP contribution in [0.15, 0.2) is 24.3 Å². The SMILES string of the molecule is CC1(C)CC1c1ccc(C(N)=O)cc1.N. The molecule has 0 bridgehead atoms. The first-order valence-corrected chi connectivity index (χ1v) is 4.90. The number of hydrogen-bond donors (Lipinski definition) is 2. The second kappa shape index (κ2) is 3.66. The Morgan fingerprint density at radius 2 is 1.80 bits per heavy atom. The highest BCUT2D eigenvalue weighted by molar-refractivity contribution is 5.92. The Hall–Kier alpha value is -1.35. The highest BCUT2D eigenvalue weighted by Crippen LogP contribution is 2.58. The maximum absolute atomic E-state index is 10.8. The van der Waals surface area contributed by atoms with Gasteiger partial charge in [-0.15, -0.1) is 0 Å². The lowest BCUT2D eigenvalue weighted by molar-refractivity contribution is 0.100. The minimum atomic E-state index is -0.355. The molecule has 1 aliphatic rings. The first kappa shape index (κ1) is 11.7. The van der Waals surface area contributed by atoms with Crippen molar-refractivity contribution >= 4 is 5.91 Å². The molecule has 0 aliphatic heterocycles. The van der Waals surface area contributed by atoms with E-state index in [0.717, 1.165) is 0 Å².